The van der Waals surface area contributed by atoms with Crippen LogP contribution in [0.2, 0.25) is 0 Å². The second kappa shape index (κ2) is 2.99. The van der Waals surface area contributed by atoms with E-state index in [-0.39, 0.29) is 5.57 Å². The Morgan fingerprint density at radius 2 is 2.29 bits per heavy atom. The molecule has 0 atom stereocenters. The molecule has 4 heteroatoms. The summed E-state index contributed by atoms with van der Waals surface area (Å²) in [6.07, 6.45) is 1.57. The molecule has 4 nitrogen and oxygen atoms in total. The molecule has 0 saturated carbocycles. The summed E-state index contributed by atoms with van der Waals surface area (Å²) in [5.74, 6) is -1.01. The summed E-state index contributed by atoms with van der Waals surface area (Å²) in [7, 11) is 0. The number of nitrogens with one attached hydrogen (secondary N) is 1. The summed E-state index contributed by atoms with van der Waals surface area (Å²) in [4.78, 5) is 17.6. The third-order valence-electron chi connectivity index (χ3n) is 2.03. The van der Waals surface area contributed by atoms with Crippen LogP contribution in [0, 0.1) is 0 Å². The fourth-order valence-electron chi connectivity index (χ4n) is 1.25. The van der Waals surface area contributed by atoms with Gasteiger partial charge in [0.1, 0.15) is 0 Å². The number of carboxylic acids is 1. The molecule has 0 amide bonds. The highest BCUT2D eigenvalue weighted by atomic mass is 16.4. The number of hydrogen-bond donors (Lipinski definition) is 2. The van der Waals surface area contributed by atoms with Gasteiger partial charge in [-0.2, -0.15) is 0 Å². The van der Waals surface area contributed by atoms with Gasteiger partial charge in [0.25, 0.3) is 0 Å². The van der Waals surface area contributed by atoms with Gasteiger partial charge in [0, 0.05) is 0 Å². The summed E-state index contributed by atoms with van der Waals surface area (Å²) in [5.41, 5.74) is 2.30. The number of benzene rings is 1. The molecule has 0 aliphatic rings. The molecule has 2 rings (SSSR count). The van der Waals surface area contributed by atoms with Crippen LogP contribution in [0.25, 0.3) is 16.6 Å². The summed E-state index contributed by atoms with van der Waals surface area (Å²) in [5, 5.41) is 8.73. The van der Waals surface area contributed by atoms with Gasteiger partial charge in [-0.25, -0.2) is 9.78 Å². The molecule has 0 unspecified atom stereocenters. The second-order valence-electron chi connectivity index (χ2n) is 2.92. The fourth-order valence-corrected chi connectivity index (χ4v) is 1.25. The lowest BCUT2D eigenvalue weighted by Crippen LogP contribution is -1.97. The fraction of sp³-hybridized carbons (Fsp3) is 0. The minimum Gasteiger partial charge on any atom is -0.478 e. The van der Waals surface area contributed by atoms with Gasteiger partial charge in [0.05, 0.1) is 22.9 Å². The molecule has 0 aliphatic carbocycles. The molecular formula is C10H8N2O2. The van der Waals surface area contributed by atoms with Gasteiger partial charge in [-0.3, -0.25) is 0 Å². The molecule has 2 N–H and O–H groups in total. The molecular weight excluding hydrogens is 180 g/mol. The molecule has 2 aromatic rings. The number of carboxylic acid groups (broad SMARTS) is 1. The standard InChI is InChI=1S/C10H8N2O2/c1-6(10(13)14)7-2-3-8-9(4-7)12-5-11-8/h2-5H,1H2,(H,11,12)(H,13,14). The molecule has 14 heavy (non-hydrogen) atoms. The number of aromatic amines is 1. The number of imidazole rings is 1. The van der Waals surface area contributed by atoms with E-state index in [1.165, 1.54) is 0 Å². The van der Waals surface area contributed by atoms with Gasteiger partial charge in [-0.15, -0.1) is 0 Å². The van der Waals surface area contributed by atoms with Crippen LogP contribution < -0.4 is 0 Å². The van der Waals surface area contributed by atoms with Crippen molar-refractivity contribution in [3.8, 4) is 0 Å². The van der Waals surface area contributed by atoms with Crippen molar-refractivity contribution < 1.29 is 9.90 Å². The van der Waals surface area contributed by atoms with Crippen LogP contribution in [0.3, 0.4) is 0 Å². The summed E-state index contributed by atoms with van der Waals surface area (Å²) >= 11 is 0. The Balaban J connectivity index is 2.54. The highest BCUT2D eigenvalue weighted by molar-refractivity contribution is 6.15. The van der Waals surface area contributed by atoms with Crippen molar-refractivity contribution in [3.05, 3.63) is 36.7 Å². The average Bonchev–Trinajstić information content (AvgIpc) is 2.62. The number of aliphatic carboxylic acids is 1. The maximum Gasteiger partial charge on any atom is 0.335 e. The summed E-state index contributed by atoms with van der Waals surface area (Å²) < 4.78 is 0. The van der Waals surface area contributed by atoms with Crippen LogP contribution in [0.5, 0.6) is 0 Å². The highest BCUT2D eigenvalue weighted by Gasteiger charge is 2.07. The van der Waals surface area contributed by atoms with Crippen LogP contribution in [-0.4, -0.2) is 21.0 Å². The normalized spacial score (nSPS) is 10.3. The average molecular weight is 188 g/mol. The molecule has 1 aromatic heterocycles. The van der Waals surface area contributed by atoms with E-state index in [0.29, 0.717) is 5.56 Å². The molecule has 0 fully saturated rings. The Bertz CT molecular complexity index is 514. The summed E-state index contributed by atoms with van der Waals surface area (Å²) in [6.45, 7) is 3.48. The number of aromatic nitrogens is 2. The van der Waals surface area contributed by atoms with E-state index >= 15 is 0 Å². The highest BCUT2D eigenvalue weighted by Crippen LogP contribution is 2.17. The van der Waals surface area contributed by atoms with Gasteiger partial charge >= 0.3 is 5.97 Å². The minimum atomic E-state index is -1.01. The second-order valence-corrected chi connectivity index (χ2v) is 2.92. The maximum atomic E-state index is 10.6. The van der Waals surface area contributed by atoms with Gasteiger partial charge in [-0.1, -0.05) is 12.6 Å². The van der Waals surface area contributed by atoms with Crippen LogP contribution in [0.15, 0.2) is 31.1 Å². The molecule has 70 valence electrons. The van der Waals surface area contributed by atoms with E-state index in [4.69, 9.17) is 5.11 Å². The number of fused-ring (bicyclic) bond motifs is 1. The lowest BCUT2D eigenvalue weighted by atomic mass is 10.1. The van der Waals surface area contributed by atoms with Crippen molar-refractivity contribution in [2.24, 2.45) is 0 Å². The van der Waals surface area contributed by atoms with E-state index in [9.17, 15) is 4.79 Å². The zero-order chi connectivity index (χ0) is 10.1. The first kappa shape index (κ1) is 8.50. The van der Waals surface area contributed by atoms with Gasteiger partial charge in [0.2, 0.25) is 0 Å². The monoisotopic (exact) mass is 188 g/mol. The van der Waals surface area contributed by atoms with Gasteiger partial charge in [-0.05, 0) is 17.7 Å². The quantitative estimate of drug-likeness (QED) is 0.704. The SMILES string of the molecule is C=C(C(=O)O)c1ccc2nc[nH]c2c1. The van der Waals surface area contributed by atoms with E-state index in [1.54, 1.807) is 24.5 Å². The zero-order valence-electron chi connectivity index (χ0n) is 7.32. The topological polar surface area (TPSA) is 66.0 Å². The largest absolute Gasteiger partial charge is 0.478 e. The number of rotatable bonds is 2. The van der Waals surface area contributed by atoms with Crippen molar-refractivity contribution in [1.82, 2.24) is 9.97 Å². The molecule has 0 aliphatic heterocycles. The predicted octanol–water partition coefficient (Wildman–Crippen LogP) is 1.66. The summed E-state index contributed by atoms with van der Waals surface area (Å²) in [6, 6.07) is 5.17. The van der Waals surface area contributed by atoms with E-state index in [1.807, 2.05) is 0 Å². The van der Waals surface area contributed by atoms with Crippen LogP contribution in [-0.2, 0) is 4.79 Å². The van der Waals surface area contributed by atoms with Crippen LogP contribution in [0.4, 0.5) is 0 Å². The Hall–Kier alpha value is -2.10. The first-order chi connectivity index (χ1) is 6.68. The van der Waals surface area contributed by atoms with Crippen molar-refractivity contribution in [2.75, 3.05) is 0 Å². The minimum absolute atomic E-state index is 0.0847. The molecule has 0 saturated heterocycles. The molecule has 0 spiro atoms. The molecule has 0 radical (unpaired) electrons. The van der Waals surface area contributed by atoms with Crippen molar-refractivity contribution in [2.45, 2.75) is 0 Å². The van der Waals surface area contributed by atoms with Crippen LogP contribution in [0.1, 0.15) is 5.56 Å². The lowest BCUT2D eigenvalue weighted by Gasteiger charge is -1.99. The van der Waals surface area contributed by atoms with E-state index < -0.39 is 5.97 Å². The van der Waals surface area contributed by atoms with Gasteiger partial charge < -0.3 is 10.1 Å². The third-order valence-corrected chi connectivity index (χ3v) is 2.03. The molecule has 0 bridgehead atoms. The number of H-pyrrole nitrogens is 1. The number of carbonyl (C=O) groups is 1. The first-order valence-electron chi connectivity index (χ1n) is 4.04. The van der Waals surface area contributed by atoms with Crippen LogP contribution >= 0.6 is 0 Å². The van der Waals surface area contributed by atoms with Crippen molar-refractivity contribution in [3.63, 3.8) is 0 Å². The van der Waals surface area contributed by atoms with E-state index in [2.05, 4.69) is 16.5 Å². The zero-order valence-corrected chi connectivity index (χ0v) is 7.32. The predicted molar refractivity (Wildman–Crippen MR) is 52.8 cm³/mol. The number of hydrogen-bond acceptors (Lipinski definition) is 2. The maximum absolute atomic E-state index is 10.6. The van der Waals surface area contributed by atoms with E-state index in [0.717, 1.165) is 11.0 Å². The number of nitrogens with zero attached hydrogens (tertiary/aromatic N) is 1. The Labute approximate surface area is 79.9 Å². The van der Waals surface area contributed by atoms with Crippen molar-refractivity contribution >= 4 is 22.6 Å². The smallest absolute Gasteiger partial charge is 0.335 e. The van der Waals surface area contributed by atoms with Gasteiger partial charge in [0.15, 0.2) is 0 Å². The Morgan fingerprint density at radius 3 is 3.00 bits per heavy atom. The van der Waals surface area contributed by atoms with Crippen molar-refractivity contribution in [1.29, 1.82) is 0 Å². The lowest BCUT2D eigenvalue weighted by molar-refractivity contribution is -0.130. The molecule has 1 heterocycles. The Morgan fingerprint density at radius 1 is 1.50 bits per heavy atom. The molecule has 1 aromatic carbocycles. The first-order valence-corrected chi connectivity index (χ1v) is 4.04. The third kappa shape index (κ3) is 1.26. The Kier molecular flexibility index (Phi) is 1.81.